The second-order valence-electron chi connectivity index (χ2n) is 5.36. The number of benzene rings is 1. The normalized spacial score (nSPS) is 28.1. The van der Waals surface area contributed by atoms with Gasteiger partial charge >= 0.3 is 0 Å². The maximum atomic E-state index is 10.3. The Labute approximate surface area is 108 Å². The van der Waals surface area contributed by atoms with E-state index in [1.165, 1.54) is 24.0 Å². The van der Waals surface area contributed by atoms with E-state index in [4.69, 9.17) is 4.74 Å². The SMILES string of the molecule is COc1ccc2c(c1)CC[C@H](O)[C@H]2N1CCCC1. The number of rotatable bonds is 2. The van der Waals surface area contributed by atoms with Gasteiger partial charge < -0.3 is 9.84 Å². The number of aliphatic hydroxyl groups is 1. The minimum atomic E-state index is -0.219. The molecule has 0 spiro atoms. The fourth-order valence-corrected chi connectivity index (χ4v) is 3.34. The second-order valence-corrected chi connectivity index (χ2v) is 5.36. The van der Waals surface area contributed by atoms with Crippen molar-refractivity contribution < 1.29 is 9.84 Å². The Morgan fingerprint density at radius 3 is 2.78 bits per heavy atom. The number of nitrogens with zero attached hydrogens (tertiary/aromatic N) is 1. The lowest BCUT2D eigenvalue weighted by Crippen LogP contribution is -2.38. The Kier molecular flexibility index (Phi) is 3.27. The van der Waals surface area contributed by atoms with Crippen molar-refractivity contribution in [2.45, 2.75) is 37.8 Å². The lowest BCUT2D eigenvalue weighted by molar-refractivity contribution is 0.0479. The summed E-state index contributed by atoms with van der Waals surface area (Å²) in [5.41, 5.74) is 2.65. The molecule has 1 aliphatic heterocycles. The third kappa shape index (κ3) is 2.02. The molecule has 3 heteroatoms. The summed E-state index contributed by atoms with van der Waals surface area (Å²) in [4.78, 5) is 2.44. The molecule has 1 saturated heterocycles. The fourth-order valence-electron chi connectivity index (χ4n) is 3.34. The van der Waals surface area contributed by atoms with Gasteiger partial charge in [-0.05, 0) is 62.0 Å². The molecule has 98 valence electrons. The van der Waals surface area contributed by atoms with Gasteiger partial charge in [0.1, 0.15) is 5.75 Å². The van der Waals surface area contributed by atoms with Crippen molar-refractivity contribution in [1.82, 2.24) is 4.90 Å². The summed E-state index contributed by atoms with van der Waals surface area (Å²) in [7, 11) is 1.71. The highest BCUT2D eigenvalue weighted by molar-refractivity contribution is 5.40. The average Bonchev–Trinajstić information content (AvgIpc) is 2.91. The van der Waals surface area contributed by atoms with E-state index in [1.54, 1.807) is 7.11 Å². The Balaban J connectivity index is 1.95. The zero-order valence-corrected chi connectivity index (χ0v) is 10.9. The van der Waals surface area contributed by atoms with Gasteiger partial charge in [-0.25, -0.2) is 0 Å². The molecule has 0 amide bonds. The first-order chi connectivity index (χ1) is 8.79. The Morgan fingerprint density at radius 1 is 1.28 bits per heavy atom. The quantitative estimate of drug-likeness (QED) is 0.869. The second kappa shape index (κ2) is 4.90. The molecule has 0 unspecified atom stereocenters. The fraction of sp³-hybridized carbons (Fsp3) is 0.600. The number of aryl methyl sites for hydroxylation is 1. The zero-order valence-electron chi connectivity index (χ0n) is 10.9. The molecule has 1 aromatic carbocycles. The van der Waals surface area contributed by atoms with Crippen LogP contribution in [0.15, 0.2) is 18.2 Å². The highest BCUT2D eigenvalue weighted by atomic mass is 16.5. The van der Waals surface area contributed by atoms with Crippen molar-refractivity contribution in [3.05, 3.63) is 29.3 Å². The van der Waals surface area contributed by atoms with Gasteiger partial charge in [0.15, 0.2) is 0 Å². The molecular weight excluding hydrogens is 226 g/mol. The molecule has 2 aliphatic rings. The van der Waals surface area contributed by atoms with Crippen molar-refractivity contribution in [3.63, 3.8) is 0 Å². The number of hydrogen-bond donors (Lipinski definition) is 1. The number of likely N-dealkylation sites (tertiary alicyclic amines) is 1. The van der Waals surface area contributed by atoms with Crippen molar-refractivity contribution in [1.29, 1.82) is 0 Å². The van der Waals surface area contributed by atoms with E-state index in [1.807, 2.05) is 6.07 Å². The van der Waals surface area contributed by atoms with Crippen LogP contribution in [0.25, 0.3) is 0 Å². The predicted octanol–water partition coefficient (Wildman–Crippen LogP) is 2.14. The van der Waals surface area contributed by atoms with Crippen LogP contribution in [-0.2, 0) is 6.42 Å². The van der Waals surface area contributed by atoms with Crippen LogP contribution >= 0.6 is 0 Å². The van der Waals surface area contributed by atoms with E-state index >= 15 is 0 Å². The maximum Gasteiger partial charge on any atom is 0.119 e. The number of methoxy groups -OCH3 is 1. The number of hydrogen-bond acceptors (Lipinski definition) is 3. The zero-order chi connectivity index (χ0) is 12.5. The van der Waals surface area contributed by atoms with Gasteiger partial charge in [0, 0.05) is 0 Å². The van der Waals surface area contributed by atoms with Gasteiger partial charge in [0.25, 0.3) is 0 Å². The minimum absolute atomic E-state index is 0.196. The van der Waals surface area contributed by atoms with Gasteiger partial charge in [-0.3, -0.25) is 4.90 Å². The smallest absolute Gasteiger partial charge is 0.119 e. The van der Waals surface area contributed by atoms with Crippen LogP contribution in [-0.4, -0.2) is 36.3 Å². The molecule has 1 aliphatic carbocycles. The molecule has 1 heterocycles. The maximum absolute atomic E-state index is 10.3. The summed E-state index contributed by atoms with van der Waals surface area (Å²) in [5, 5.41) is 10.3. The lowest BCUT2D eigenvalue weighted by Gasteiger charge is -2.37. The Morgan fingerprint density at radius 2 is 2.06 bits per heavy atom. The van der Waals surface area contributed by atoms with E-state index in [-0.39, 0.29) is 12.1 Å². The van der Waals surface area contributed by atoms with Gasteiger partial charge in [-0.2, -0.15) is 0 Å². The molecule has 18 heavy (non-hydrogen) atoms. The van der Waals surface area contributed by atoms with Crippen LogP contribution in [0.1, 0.15) is 36.4 Å². The van der Waals surface area contributed by atoms with Crippen LogP contribution in [0.2, 0.25) is 0 Å². The summed E-state index contributed by atoms with van der Waals surface area (Å²) in [6, 6.07) is 6.48. The van der Waals surface area contributed by atoms with Crippen LogP contribution in [0.5, 0.6) is 5.75 Å². The van der Waals surface area contributed by atoms with E-state index in [2.05, 4.69) is 17.0 Å². The molecule has 1 N–H and O–H groups in total. The first-order valence-corrected chi connectivity index (χ1v) is 6.88. The van der Waals surface area contributed by atoms with Crippen LogP contribution in [0.3, 0.4) is 0 Å². The molecule has 0 radical (unpaired) electrons. The van der Waals surface area contributed by atoms with E-state index in [9.17, 15) is 5.11 Å². The molecule has 3 rings (SSSR count). The molecule has 0 aromatic heterocycles. The third-order valence-electron chi connectivity index (χ3n) is 4.28. The van der Waals surface area contributed by atoms with Gasteiger partial charge in [0.2, 0.25) is 0 Å². The molecule has 1 fully saturated rings. The summed E-state index contributed by atoms with van der Waals surface area (Å²) >= 11 is 0. The number of fused-ring (bicyclic) bond motifs is 1. The monoisotopic (exact) mass is 247 g/mol. The van der Waals surface area contributed by atoms with Crippen LogP contribution in [0, 0.1) is 0 Å². The molecule has 2 atom stereocenters. The van der Waals surface area contributed by atoms with Gasteiger partial charge in [-0.15, -0.1) is 0 Å². The molecule has 3 nitrogen and oxygen atoms in total. The topological polar surface area (TPSA) is 32.7 Å². The first-order valence-electron chi connectivity index (χ1n) is 6.88. The van der Waals surface area contributed by atoms with Crippen LogP contribution in [0.4, 0.5) is 0 Å². The van der Waals surface area contributed by atoms with Gasteiger partial charge in [-0.1, -0.05) is 6.07 Å². The average molecular weight is 247 g/mol. The molecule has 1 aromatic rings. The van der Waals surface area contributed by atoms with E-state index in [0.717, 1.165) is 31.7 Å². The summed E-state index contributed by atoms with van der Waals surface area (Å²) in [5.74, 6) is 0.922. The molecule has 0 saturated carbocycles. The molecule has 0 bridgehead atoms. The van der Waals surface area contributed by atoms with Gasteiger partial charge in [0.05, 0.1) is 19.3 Å². The summed E-state index contributed by atoms with van der Waals surface area (Å²) in [6.45, 7) is 2.24. The van der Waals surface area contributed by atoms with Crippen molar-refractivity contribution in [2.24, 2.45) is 0 Å². The third-order valence-corrected chi connectivity index (χ3v) is 4.28. The van der Waals surface area contributed by atoms with Crippen LogP contribution < -0.4 is 4.74 Å². The van der Waals surface area contributed by atoms with Crippen molar-refractivity contribution >= 4 is 0 Å². The Hall–Kier alpha value is -1.06. The van der Waals surface area contributed by atoms with E-state index in [0.29, 0.717) is 0 Å². The largest absolute Gasteiger partial charge is 0.497 e. The van der Waals surface area contributed by atoms with Crippen molar-refractivity contribution in [3.8, 4) is 5.75 Å². The summed E-state index contributed by atoms with van der Waals surface area (Å²) in [6.07, 6.45) is 4.12. The van der Waals surface area contributed by atoms with E-state index < -0.39 is 0 Å². The highest BCUT2D eigenvalue weighted by Crippen LogP contribution is 2.37. The molecular formula is C15H21NO2. The summed E-state index contributed by atoms with van der Waals surface area (Å²) < 4.78 is 5.29. The number of aliphatic hydroxyl groups excluding tert-OH is 1. The Bertz CT molecular complexity index is 427. The highest BCUT2D eigenvalue weighted by Gasteiger charge is 2.34. The predicted molar refractivity (Wildman–Crippen MR) is 70.9 cm³/mol. The number of ether oxygens (including phenoxy) is 1. The standard InChI is InChI=1S/C15H21NO2/c1-18-12-5-6-13-11(10-12)4-7-14(17)15(13)16-8-2-3-9-16/h5-6,10,14-15,17H,2-4,7-9H2,1H3/t14-,15-/m0/s1. The minimum Gasteiger partial charge on any atom is -0.497 e. The van der Waals surface area contributed by atoms with Crippen molar-refractivity contribution in [2.75, 3.05) is 20.2 Å². The first kappa shape index (κ1) is 12.0. The lowest BCUT2D eigenvalue weighted by atomic mass is 9.84.